The third-order valence-electron chi connectivity index (χ3n) is 7.88. The first-order valence-corrected chi connectivity index (χ1v) is 13.5. The van der Waals surface area contributed by atoms with Gasteiger partial charge in [-0.05, 0) is 30.5 Å². The van der Waals surface area contributed by atoms with Crippen molar-refractivity contribution in [3.63, 3.8) is 0 Å². The zero-order valence-electron chi connectivity index (χ0n) is 22.3. The van der Waals surface area contributed by atoms with E-state index in [4.69, 9.17) is 27.9 Å². The van der Waals surface area contributed by atoms with Crippen LogP contribution >= 0.6 is 11.6 Å². The first-order valence-electron chi connectivity index (χ1n) is 13.1. The zero-order valence-corrected chi connectivity index (χ0v) is 23.1. The van der Waals surface area contributed by atoms with Gasteiger partial charge in [0.2, 0.25) is 17.7 Å². The predicted molar refractivity (Wildman–Crippen MR) is 139 cm³/mol. The van der Waals surface area contributed by atoms with Crippen molar-refractivity contribution in [2.24, 2.45) is 23.4 Å². The first-order chi connectivity index (χ1) is 19.2. The van der Waals surface area contributed by atoms with Crippen LogP contribution in [-0.2, 0) is 20.8 Å². The van der Waals surface area contributed by atoms with Gasteiger partial charge < -0.3 is 30.4 Å². The minimum absolute atomic E-state index is 0.0196. The molecule has 10 nitrogen and oxygen atoms in total. The number of hydrogen-bond donors (Lipinski definition) is 3. The molecule has 3 unspecified atom stereocenters. The molecule has 1 saturated heterocycles. The van der Waals surface area contributed by atoms with Crippen molar-refractivity contribution >= 4 is 29.4 Å². The van der Waals surface area contributed by atoms with E-state index in [1.807, 2.05) is 0 Å². The summed E-state index contributed by atoms with van der Waals surface area (Å²) in [5, 5.41) is 10.6. The van der Waals surface area contributed by atoms with Gasteiger partial charge in [0.15, 0.2) is 0 Å². The Balaban J connectivity index is 1.75. The van der Waals surface area contributed by atoms with E-state index in [0.29, 0.717) is 40.5 Å². The van der Waals surface area contributed by atoms with E-state index in [1.54, 1.807) is 0 Å². The number of carboxylic acid groups (broad SMARTS) is 1. The fourth-order valence-electron chi connectivity index (χ4n) is 5.96. The minimum Gasteiger partial charge on any atom is -0.487 e. The van der Waals surface area contributed by atoms with Gasteiger partial charge in [0.1, 0.15) is 18.1 Å². The molecule has 0 bridgehead atoms. The number of likely N-dealkylation sites (tertiary alicyclic amines) is 1. The highest BCUT2D eigenvalue weighted by molar-refractivity contribution is 6.31. The van der Waals surface area contributed by atoms with Crippen LogP contribution in [0.2, 0.25) is 5.02 Å². The summed E-state index contributed by atoms with van der Waals surface area (Å²) in [6.07, 6.45) is -3.78. The number of ether oxygens (including phenoxy) is 1. The molecule has 1 aromatic rings. The normalized spacial score (nSPS) is 24.4. The monoisotopic (exact) mass is 605 g/mol. The van der Waals surface area contributed by atoms with Crippen LogP contribution in [0.25, 0.3) is 0 Å². The lowest BCUT2D eigenvalue weighted by Crippen LogP contribution is -2.49. The Kier molecular flexibility index (Phi) is 8.93. The topological polar surface area (TPSA) is 142 Å². The van der Waals surface area contributed by atoms with Crippen molar-refractivity contribution in [2.75, 3.05) is 33.3 Å². The molecule has 3 atom stereocenters. The molecular formula is C26H32ClF4N5O5. The number of benzene rings is 1. The number of rotatable bonds is 9. The lowest BCUT2D eigenvalue weighted by molar-refractivity contribution is -0.150. The van der Waals surface area contributed by atoms with E-state index in [0.717, 1.165) is 0 Å². The number of alkyl halides is 4. The number of allylic oxidation sites excluding steroid dienone is 1. The van der Waals surface area contributed by atoms with E-state index in [-0.39, 0.29) is 36.9 Å². The Hall–Kier alpha value is -3.26. The number of fused-ring (bicyclic) bond motifs is 1. The van der Waals surface area contributed by atoms with Gasteiger partial charge in [-0.3, -0.25) is 14.4 Å². The van der Waals surface area contributed by atoms with Crippen molar-refractivity contribution in [1.29, 1.82) is 0 Å². The molecule has 5 N–H and O–H groups in total. The van der Waals surface area contributed by atoms with E-state index in [2.05, 4.69) is 0 Å². The van der Waals surface area contributed by atoms with Crippen LogP contribution in [0, 0.1) is 11.8 Å². The number of hydrogen-bond acceptors (Lipinski definition) is 7. The summed E-state index contributed by atoms with van der Waals surface area (Å²) in [7, 11) is 1.20. The van der Waals surface area contributed by atoms with Gasteiger partial charge in [0, 0.05) is 56.5 Å². The standard InChI is InChI=1S/C26H32ClF4N5O5/c1-34(33)22(23(28)29)17(32)12-41-19-5-4-16(27)13-6-8-36(18(21(13)19)11-35-7-2-3-20(35)37)24(38)14-9-26(30,31)10-15(14)25(39)40/h4-5,14-15,18,23H,2-3,6-12,32-33H2,1H3,(H,39,40)/b22-17-. The van der Waals surface area contributed by atoms with Crippen molar-refractivity contribution in [3.8, 4) is 5.75 Å². The second-order valence-corrected chi connectivity index (χ2v) is 11.0. The maximum atomic E-state index is 14.3. The minimum atomic E-state index is -3.32. The van der Waals surface area contributed by atoms with Gasteiger partial charge >= 0.3 is 5.97 Å². The summed E-state index contributed by atoms with van der Waals surface area (Å²) in [4.78, 5) is 41.0. The van der Waals surface area contributed by atoms with Gasteiger partial charge in [0.25, 0.3) is 6.43 Å². The summed E-state index contributed by atoms with van der Waals surface area (Å²) < 4.78 is 61.5. The molecule has 0 radical (unpaired) electrons. The van der Waals surface area contributed by atoms with Crippen molar-refractivity contribution in [1.82, 2.24) is 14.8 Å². The van der Waals surface area contributed by atoms with E-state index in [9.17, 15) is 37.1 Å². The lowest BCUT2D eigenvalue weighted by Gasteiger charge is -2.41. The largest absolute Gasteiger partial charge is 0.487 e. The average Bonchev–Trinajstić information content (AvgIpc) is 3.44. The maximum absolute atomic E-state index is 14.3. The summed E-state index contributed by atoms with van der Waals surface area (Å²) in [5.74, 6) is -3.16. The van der Waals surface area contributed by atoms with Crippen molar-refractivity contribution in [2.45, 2.75) is 50.5 Å². The molecule has 0 aromatic heterocycles. The third kappa shape index (κ3) is 6.32. The van der Waals surface area contributed by atoms with Crippen molar-refractivity contribution < 1.29 is 41.8 Å². The number of nitrogens with zero attached hydrogens (tertiary/aromatic N) is 3. The van der Waals surface area contributed by atoms with Gasteiger partial charge in [-0.2, -0.15) is 0 Å². The van der Waals surface area contributed by atoms with Crippen LogP contribution in [-0.4, -0.2) is 83.3 Å². The van der Waals surface area contributed by atoms with E-state index in [1.165, 1.54) is 29.0 Å². The Bertz CT molecular complexity index is 1240. The maximum Gasteiger partial charge on any atom is 0.307 e. The molecular weight excluding hydrogens is 574 g/mol. The van der Waals surface area contributed by atoms with Crippen LogP contribution in [0.5, 0.6) is 5.75 Å². The van der Waals surface area contributed by atoms with Crippen LogP contribution in [0.1, 0.15) is 42.9 Å². The number of hydrazine groups is 1. The zero-order chi connectivity index (χ0) is 30.2. The lowest BCUT2D eigenvalue weighted by atomic mass is 9.88. The average molecular weight is 606 g/mol. The molecule has 15 heteroatoms. The third-order valence-corrected chi connectivity index (χ3v) is 8.23. The van der Waals surface area contributed by atoms with Crippen LogP contribution < -0.4 is 16.3 Å². The summed E-state index contributed by atoms with van der Waals surface area (Å²) in [5.41, 5.74) is 5.82. The van der Waals surface area contributed by atoms with Crippen LogP contribution in [0.3, 0.4) is 0 Å². The number of carbonyl (C=O) groups excluding carboxylic acids is 2. The molecule has 2 amide bonds. The molecule has 226 valence electrons. The first kappa shape index (κ1) is 30.7. The summed E-state index contributed by atoms with van der Waals surface area (Å²) in [6, 6.07) is 2.08. The number of amides is 2. The van der Waals surface area contributed by atoms with Gasteiger partial charge in [-0.1, -0.05) is 11.6 Å². The molecule has 2 heterocycles. The van der Waals surface area contributed by atoms with Gasteiger partial charge in [0.05, 0.1) is 23.6 Å². The Morgan fingerprint density at radius 3 is 2.49 bits per heavy atom. The highest BCUT2D eigenvalue weighted by Gasteiger charge is 2.54. The SMILES string of the molecule is CN(N)/C(=C(\N)COc1ccc(Cl)c2c1C(CN1CCCC1=O)N(C(=O)C1CC(F)(F)CC1C(=O)O)CC2)C(F)F. The predicted octanol–water partition coefficient (Wildman–Crippen LogP) is 2.75. The van der Waals surface area contributed by atoms with Gasteiger partial charge in [-0.15, -0.1) is 0 Å². The van der Waals surface area contributed by atoms with E-state index < -0.39 is 67.2 Å². The fraction of sp³-hybridized carbons (Fsp3) is 0.577. The number of nitrogens with two attached hydrogens (primary N) is 2. The second-order valence-electron chi connectivity index (χ2n) is 10.6. The molecule has 2 fully saturated rings. The number of carboxylic acids is 1. The Labute approximate surface area is 238 Å². The molecule has 41 heavy (non-hydrogen) atoms. The molecule has 1 saturated carbocycles. The molecule has 3 aliphatic rings. The highest BCUT2D eigenvalue weighted by Crippen LogP contribution is 2.47. The molecule has 0 spiro atoms. The van der Waals surface area contributed by atoms with E-state index >= 15 is 0 Å². The molecule has 4 rings (SSSR count). The molecule has 1 aliphatic carbocycles. The molecule has 1 aromatic carbocycles. The quantitative estimate of drug-likeness (QED) is 0.222. The smallest absolute Gasteiger partial charge is 0.307 e. The number of carbonyl (C=O) groups is 3. The van der Waals surface area contributed by atoms with Crippen LogP contribution in [0.15, 0.2) is 23.5 Å². The summed E-state index contributed by atoms with van der Waals surface area (Å²) in [6.45, 7) is -0.0899. The van der Waals surface area contributed by atoms with Crippen molar-refractivity contribution in [3.05, 3.63) is 39.7 Å². The fourth-order valence-corrected chi connectivity index (χ4v) is 6.22. The van der Waals surface area contributed by atoms with Gasteiger partial charge in [-0.25, -0.2) is 23.4 Å². The second kappa shape index (κ2) is 11.9. The number of aliphatic carboxylic acids is 1. The number of halogens is 5. The molecule has 2 aliphatic heterocycles. The summed E-state index contributed by atoms with van der Waals surface area (Å²) >= 11 is 6.50. The highest BCUT2D eigenvalue weighted by atomic mass is 35.5. The van der Waals surface area contributed by atoms with Crippen LogP contribution in [0.4, 0.5) is 17.6 Å². The Morgan fingerprint density at radius 2 is 1.90 bits per heavy atom. The Morgan fingerprint density at radius 1 is 1.22 bits per heavy atom.